The number of aliphatic hydroxyl groups excluding tert-OH is 1. The highest BCUT2D eigenvalue weighted by Gasteiger charge is 2.53. The molecule has 1 aromatic carbocycles. The summed E-state index contributed by atoms with van der Waals surface area (Å²) in [5, 5.41) is 18.4. The van der Waals surface area contributed by atoms with Crippen molar-refractivity contribution >= 4 is 5.97 Å². The fourth-order valence-corrected chi connectivity index (χ4v) is 1.99. The summed E-state index contributed by atoms with van der Waals surface area (Å²) in [5.74, 6) is -1.61. The van der Waals surface area contributed by atoms with Crippen LogP contribution in [0.2, 0.25) is 0 Å². The molecule has 0 spiro atoms. The van der Waals surface area contributed by atoms with Crippen molar-refractivity contribution in [1.29, 1.82) is 0 Å². The molecule has 1 aliphatic rings. The first kappa shape index (κ1) is 11.1. The number of carboxylic acids is 1. The molecule has 0 heterocycles. The zero-order chi connectivity index (χ0) is 11.9. The van der Waals surface area contributed by atoms with Gasteiger partial charge in [-0.05, 0) is 37.0 Å². The lowest BCUT2D eigenvalue weighted by molar-refractivity contribution is -0.148. The second-order valence-corrected chi connectivity index (χ2v) is 4.36. The third-order valence-corrected chi connectivity index (χ3v) is 3.29. The average molecular weight is 224 g/mol. The predicted octanol–water partition coefficient (Wildman–Crippen LogP) is 1.61. The quantitative estimate of drug-likeness (QED) is 0.820. The van der Waals surface area contributed by atoms with E-state index in [1.165, 1.54) is 6.07 Å². The minimum Gasteiger partial charge on any atom is -0.479 e. The van der Waals surface area contributed by atoms with Crippen molar-refractivity contribution in [3.63, 3.8) is 0 Å². The Kier molecular flexibility index (Phi) is 2.46. The molecule has 16 heavy (non-hydrogen) atoms. The maximum Gasteiger partial charge on any atom is 0.333 e. The molecule has 1 atom stereocenters. The minimum absolute atomic E-state index is 0.360. The summed E-state index contributed by atoms with van der Waals surface area (Å²) in [5.41, 5.74) is 0.315. The maximum atomic E-state index is 13.4. The van der Waals surface area contributed by atoms with Gasteiger partial charge in [-0.3, -0.25) is 0 Å². The van der Waals surface area contributed by atoms with Crippen molar-refractivity contribution in [2.75, 3.05) is 0 Å². The molecular weight excluding hydrogens is 211 g/mol. The van der Waals surface area contributed by atoms with Crippen molar-refractivity contribution < 1.29 is 19.4 Å². The van der Waals surface area contributed by atoms with E-state index in [4.69, 9.17) is 5.11 Å². The Hall–Kier alpha value is -1.42. The van der Waals surface area contributed by atoms with E-state index in [2.05, 4.69) is 0 Å². The van der Waals surface area contributed by atoms with E-state index < -0.39 is 17.5 Å². The molecule has 1 aliphatic carbocycles. The highest BCUT2D eigenvalue weighted by molar-refractivity contribution is 5.75. The van der Waals surface area contributed by atoms with Gasteiger partial charge in [0.2, 0.25) is 0 Å². The summed E-state index contributed by atoms with van der Waals surface area (Å²) in [6.45, 7) is 1.65. The molecule has 2 N–H and O–H groups in total. The number of aliphatic hydroxyl groups is 1. The van der Waals surface area contributed by atoms with Crippen LogP contribution in [0, 0.1) is 12.7 Å². The standard InChI is InChI=1S/C12H13FO3/c1-7-2-3-8(6-9(7)13)12(4-5-12)10(14)11(15)16/h2-3,6,10,14H,4-5H2,1H3,(H,15,16). The van der Waals surface area contributed by atoms with Gasteiger partial charge in [0.25, 0.3) is 0 Å². The van der Waals surface area contributed by atoms with E-state index in [0.717, 1.165) is 0 Å². The Bertz CT molecular complexity index is 438. The summed E-state index contributed by atoms with van der Waals surface area (Å²) in [6.07, 6.45) is -0.277. The molecule has 0 saturated heterocycles. The maximum absolute atomic E-state index is 13.4. The Labute approximate surface area is 92.5 Å². The van der Waals surface area contributed by atoms with Crippen LogP contribution >= 0.6 is 0 Å². The first-order chi connectivity index (χ1) is 7.47. The van der Waals surface area contributed by atoms with E-state index in [1.54, 1.807) is 19.1 Å². The van der Waals surface area contributed by atoms with Crippen molar-refractivity contribution in [2.24, 2.45) is 0 Å². The lowest BCUT2D eigenvalue weighted by atomic mass is 9.89. The van der Waals surface area contributed by atoms with E-state index in [9.17, 15) is 14.3 Å². The van der Waals surface area contributed by atoms with Gasteiger partial charge in [-0.15, -0.1) is 0 Å². The molecule has 0 amide bonds. The van der Waals surface area contributed by atoms with Crippen LogP contribution < -0.4 is 0 Å². The highest BCUT2D eigenvalue weighted by atomic mass is 19.1. The number of benzene rings is 1. The summed E-state index contributed by atoms with van der Waals surface area (Å²) >= 11 is 0. The molecule has 0 aromatic heterocycles. The van der Waals surface area contributed by atoms with Gasteiger partial charge in [0.05, 0.1) is 0 Å². The number of aryl methyl sites for hydroxylation is 1. The van der Waals surface area contributed by atoms with Gasteiger partial charge in [0, 0.05) is 5.41 Å². The fraction of sp³-hybridized carbons (Fsp3) is 0.417. The second kappa shape index (κ2) is 3.56. The normalized spacial score (nSPS) is 19.2. The second-order valence-electron chi connectivity index (χ2n) is 4.36. The number of carbonyl (C=O) groups is 1. The van der Waals surface area contributed by atoms with E-state index >= 15 is 0 Å². The van der Waals surface area contributed by atoms with Crippen LogP contribution in [-0.4, -0.2) is 22.3 Å². The highest BCUT2D eigenvalue weighted by Crippen LogP contribution is 2.51. The zero-order valence-electron chi connectivity index (χ0n) is 8.90. The predicted molar refractivity (Wildman–Crippen MR) is 55.7 cm³/mol. The Morgan fingerprint density at radius 3 is 2.56 bits per heavy atom. The molecule has 0 radical (unpaired) electrons. The average Bonchev–Trinajstić information content (AvgIpc) is 3.02. The molecule has 1 fully saturated rings. The molecular formula is C12H13FO3. The van der Waals surface area contributed by atoms with Crippen LogP contribution in [0.5, 0.6) is 0 Å². The van der Waals surface area contributed by atoms with E-state index in [-0.39, 0.29) is 5.82 Å². The van der Waals surface area contributed by atoms with Crippen molar-refractivity contribution in [3.05, 3.63) is 35.1 Å². The van der Waals surface area contributed by atoms with Crippen LogP contribution in [0.1, 0.15) is 24.0 Å². The first-order valence-corrected chi connectivity index (χ1v) is 5.15. The third kappa shape index (κ3) is 1.59. The van der Waals surface area contributed by atoms with E-state index in [1.807, 2.05) is 0 Å². The van der Waals surface area contributed by atoms with Gasteiger partial charge in [-0.25, -0.2) is 9.18 Å². The first-order valence-electron chi connectivity index (χ1n) is 5.15. The molecule has 4 heteroatoms. The van der Waals surface area contributed by atoms with Crippen molar-refractivity contribution in [3.8, 4) is 0 Å². The largest absolute Gasteiger partial charge is 0.479 e. The van der Waals surface area contributed by atoms with Gasteiger partial charge >= 0.3 is 5.97 Å². The molecule has 3 nitrogen and oxygen atoms in total. The van der Waals surface area contributed by atoms with Crippen molar-refractivity contribution in [2.45, 2.75) is 31.3 Å². The summed E-state index contributed by atoms with van der Waals surface area (Å²) < 4.78 is 13.4. The smallest absolute Gasteiger partial charge is 0.333 e. The fourth-order valence-electron chi connectivity index (χ4n) is 1.99. The van der Waals surface area contributed by atoms with Gasteiger partial charge in [0.15, 0.2) is 6.10 Å². The van der Waals surface area contributed by atoms with Gasteiger partial charge in [-0.2, -0.15) is 0 Å². The number of carboxylic acid groups (broad SMARTS) is 1. The molecule has 0 bridgehead atoms. The molecule has 1 saturated carbocycles. The van der Waals surface area contributed by atoms with Crippen LogP contribution in [0.4, 0.5) is 4.39 Å². The number of halogens is 1. The van der Waals surface area contributed by atoms with Gasteiger partial charge in [0.1, 0.15) is 5.82 Å². The Morgan fingerprint density at radius 1 is 1.50 bits per heavy atom. The monoisotopic (exact) mass is 224 g/mol. The SMILES string of the molecule is Cc1ccc(C2(C(O)C(=O)O)CC2)cc1F. The van der Waals surface area contributed by atoms with Crippen LogP contribution in [0.3, 0.4) is 0 Å². The molecule has 2 rings (SSSR count). The zero-order valence-corrected chi connectivity index (χ0v) is 8.90. The summed E-state index contributed by atoms with van der Waals surface area (Å²) in [7, 11) is 0. The van der Waals surface area contributed by atoms with E-state index in [0.29, 0.717) is 24.0 Å². The lowest BCUT2D eigenvalue weighted by Crippen LogP contribution is -2.33. The van der Waals surface area contributed by atoms with Gasteiger partial charge < -0.3 is 10.2 Å². The van der Waals surface area contributed by atoms with Gasteiger partial charge in [-0.1, -0.05) is 12.1 Å². The number of aliphatic carboxylic acids is 1. The minimum atomic E-state index is -1.45. The van der Waals surface area contributed by atoms with Crippen LogP contribution in [0.15, 0.2) is 18.2 Å². The number of hydrogen-bond acceptors (Lipinski definition) is 2. The van der Waals surface area contributed by atoms with Crippen LogP contribution in [0.25, 0.3) is 0 Å². The molecule has 1 aromatic rings. The Morgan fingerprint density at radius 2 is 2.12 bits per heavy atom. The van der Waals surface area contributed by atoms with Crippen LogP contribution in [-0.2, 0) is 10.2 Å². The number of hydrogen-bond donors (Lipinski definition) is 2. The lowest BCUT2D eigenvalue weighted by Gasteiger charge is -2.19. The molecule has 1 unspecified atom stereocenters. The number of rotatable bonds is 3. The third-order valence-electron chi connectivity index (χ3n) is 3.29. The summed E-state index contributed by atoms with van der Waals surface area (Å²) in [4.78, 5) is 10.8. The Balaban J connectivity index is 2.37. The summed E-state index contributed by atoms with van der Waals surface area (Å²) in [6, 6.07) is 4.63. The topological polar surface area (TPSA) is 57.5 Å². The molecule has 86 valence electrons. The van der Waals surface area contributed by atoms with Crippen molar-refractivity contribution in [1.82, 2.24) is 0 Å². The molecule has 0 aliphatic heterocycles.